The van der Waals surface area contributed by atoms with Gasteiger partial charge in [0.15, 0.2) is 5.11 Å². The largest absolute Gasteiger partial charge is 0.465 e. The smallest absolute Gasteiger partial charge is 0.337 e. The van der Waals surface area contributed by atoms with Gasteiger partial charge in [0.25, 0.3) is 0 Å². The fourth-order valence-electron chi connectivity index (χ4n) is 1.27. The van der Waals surface area contributed by atoms with Crippen LogP contribution in [0.25, 0.3) is 0 Å². The molecule has 1 aromatic carbocycles. The second-order valence-corrected chi connectivity index (χ2v) is 4.38. The van der Waals surface area contributed by atoms with Crippen molar-refractivity contribution in [1.82, 2.24) is 5.32 Å². The maximum atomic E-state index is 11.4. The Morgan fingerprint density at radius 3 is 2.83 bits per heavy atom. The highest BCUT2D eigenvalue weighted by Crippen LogP contribution is 2.23. The number of nitrogens with one attached hydrogen (secondary N) is 2. The second-order valence-electron chi connectivity index (χ2n) is 3.57. The third-order valence-electron chi connectivity index (χ3n) is 2.17. The maximum Gasteiger partial charge on any atom is 0.337 e. The Kier molecular flexibility index (Phi) is 5.88. The summed E-state index contributed by atoms with van der Waals surface area (Å²) in [7, 11) is 1.33. The molecule has 0 saturated heterocycles. The fourth-order valence-corrected chi connectivity index (χ4v) is 1.65. The first-order valence-corrected chi connectivity index (χ1v) is 6.29. The van der Waals surface area contributed by atoms with E-state index in [2.05, 4.69) is 15.4 Å². The molecule has 0 aliphatic rings. The molecule has 0 unspecified atom stereocenters. The number of ether oxygens (including phenoxy) is 1. The molecule has 0 heterocycles. The van der Waals surface area contributed by atoms with Crippen LogP contribution >= 0.6 is 23.8 Å². The van der Waals surface area contributed by atoms with Gasteiger partial charge >= 0.3 is 5.97 Å². The van der Waals surface area contributed by atoms with Crippen molar-refractivity contribution in [3.05, 3.63) is 28.8 Å². The van der Waals surface area contributed by atoms with Gasteiger partial charge in [0, 0.05) is 6.54 Å². The number of rotatable bonds is 4. The number of hydrogen-bond donors (Lipinski definition) is 2. The van der Waals surface area contributed by atoms with Crippen LogP contribution < -0.4 is 10.6 Å². The summed E-state index contributed by atoms with van der Waals surface area (Å²) in [6, 6.07) is 4.83. The fraction of sp³-hybridized carbons (Fsp3) is 0.333. The Morgan fingerprint density at radius 2 is 2.22 bits per heavy atom. The Balaban J connectivity index is 2.81. The van der Waals surface area contributed by atoms with Gasteiger partial charge in [-0.1, -0.05) is 18.5 Å². The van der Waals surface area contributed by atoms with Crippen LogP contribution in [0.1, 0.15) is 23.7 Å². The van der Waals surface area contributed by atoms with Crippen LogP contribution in [0.3, 0.4) is 0 Å². The summed E-state index contributed by atoms with van der Waals surface area (Å²) in [4.78, 5) is 11.4. The van der Waals surface area contributed by atoms with Gasteiger partial charge in [0.05, 0.1) is 23.4 Å². The molecule has 0 saturated carbocycles. The van der Waals surface area contributed by atoms with Gasteiger partial charge < -0.3 is 15.4 Å². The summed E-state index contributed by atoms with van der Waals surface area (Å²) in [5, 5.41) is 6.92. The van der Waals surface area contributed by atoms with E-state index >= 15 is 0 Å². The van der Waals surface area contributed by atoms with Gasteiger partial charge in [-0.25, -0.2) is 4.79 Å². The second kappa shape index (κ2) is 7.18. The minimum absolute atomic E-state index is 0.415. The predicted octanol–water partition coefficient (Wildman–Crippen LogP) is 2.82. The molecule has 1 rings (SSSR count). The van der Waals surface area contributed by atoms with Gasteiger partial charge in [-0.15, -0.1) is 0 Å². The predicted molar refractivity (Wildman–Crippen MR) is 77.3 cm³/mol. The molecule has 6 heteroatoms. The number of carbonyl (C=O) groups is 1. The van der Waals surface area contributed by atoms with Crippen LogP contribution in [0, 0.1) is 0 Å². The normalized spacial score (nSPS) is 9.72. The topological polar surface area (TPSA) is 50.4 Å². The zero-order chi connectivity index (χ0) is 13.5. The molecule has 0 fully saturated rings. The quantitative estimate of drug-likeness (QED) is 0.658. The van der Waals surface area contributed by atoms with Crippen molar-refractivity contribution < 1.29 is 9.53 Å². The maximum absolute atomic E-state index is 11.4. The number of methoxy groups -OCH3 is 1. The monoisotopic (exact) mass is 286 g/mol. The average molecular weight is 287 g/mol. The first-order valence-electron chi connectivity index (χ1n) is 5.51. The molecule has 0 radical (unpaired) electrons. The lowest BCUT2D eigenvalue weighted by molar-refractivity contribution is 0.0601. The average Bonchev–Trinajstić information content (AvgIpc) is 2.38. The van der Waals surface area contributed by atoms with E-state index < -0.39 is 5.97 Å². The summed E-state index contributed by atoms with van der Waals surface area (Å²) in [5.74, 6) is -0.415. The number of thiocarbonyl (C=S) groups is 1. The standard InChI is InChI=1S/C12H15ClN2O2S/c1-3-6-14-12(18)15-10-7-8(11(16)17-2)4-5-9(10)13/h4-5,7H,3,6H2,1-2H3,(H2,14,15,18). The van der Waals surface area contributed by atoms with E-state index in [-0.39, 0.29) is 0 Å². The lowest BCUT2D eigenvalue weighted by Crippen LogP contribution is -2.29. The van der Waals surface area contributed by atoms with Gasteiger partial charge in [-0.3, -0.25) is 0 Å². The first kappa shape index (κ1) is 14.7. The Labute approximate surface area is 117 Å². The molecular formula is C12H15ClN2O2S. The first-order chi connectivity index (χ1) is 8.58. The van der Waals surface area contributed by atoms with Crippen molar-refractivity contribution in [3.8, 4) is 0 Å². The highest BCUT2D eigenvalue weighted by molar-refractivity contribution is 7.80. The summed E-state index contributed by atoms with van der Waals surface area (Å²) in [5.41, 5.74) is 0.996. The zero-order valence-corrected chi connectivity index (χ0v) is 11.8. The number of benzene rings is 1. The lowest BCUT2D eigenvalue weighted by atomic mass is 10.2. The van der Waals surface area contributed by atoms with Gasteiger partial charge in [0.1, 0.15) is 0 Å². The molecule has 4 nitrogen and oxygen atoms in total. The van der Waals surface area contributed by atoms with Gasteiger partial charge in [0.2, 0.25) is 0 Å². The van der Waals surface area contributed by atoms with Crippen LogP contribution in [0.4, 0.5) is 5.69 Å². The Morgan fingerprint density at radius 1 is 1.50 bits per heavy atom. The van der Waals surface area contributed by atoms with E-state index in [9.17, 15) is 4.79 Å². The summed E-state index contributed by atoms with van der Waals surface area (Å²) in [6.07, 6.45) is 0.970. The van der Waals surface area contributed by atoms with Crippen molar-refractivity contribution >= 4 is 40.6 Å². The third kappa shape index (κ3) is 4.16. The van der Waals surface area contributed by atoms with Crippen LogP contribution in [-0.4, -0.2) is 24.7 Å². The molecule has 0 amide bonds. The van der Waals surface area contributed by atoms with Crippen molar-refractivity contribution in [2.45, 2.75) is 13.3 Å². The minimum atomic E-state index is -0.415. The molecule has 0 spiro atoms. The number of carbonyl (C=O) groups excluding carboxylic acids is 1. The SMILES string of the molecule is CCCNC(=S)Nc1cc(C(=O)OC)ccc1Cl. The van der Waals surface area contributed by atoms with E-state index in [1.165, 1.54) is 7.11 Å². The van der Waals surface area contributed by atoms with Crippen LogP contribution in [0.15, 0.2) is 18.2 Å². The van der Waals surface area contributed by atoms with E-state index in [1.54, 1.807) is 18.2 Å². The Hall–Kier alpha value is -1.33. The number of halogens is 1. The van der Waals surface area contributed by atoms with E-state index in [4.69, 9.17) is 23.8 Å². The van der Waals surface area contributed by atoms with Crippen LogP contribution in [0.2, 0.25) is 5.02 Å². The number of hydrogen-bond acceptors (Lipinski definition) is 3. The van der Waals surface area contributed by atoms with Crippen molar-refractivity contribution in [2.75, 3.05) is 19.0 Å². The Bertz CT molecular complexity index is 452. The summed E-state index contributed by atoms with van der Waals surface area (Å²) in [6.45, 7) is 2.82. The molecule has 18 heavy (non-hydrogen) atoms. The zero-order valence-electron chi connectivity index (χ0n) is 10.2. The van der Waals surface area contributed by atoms with E-state index in [0.29, 0.717) is 21.4 Å². The minimum Gasteiger partial charge on any atom is -0.465 e. The van der Waals surface area contributed by atoms with Crippen molar-refractivity contribution in [3.63, 3.8) is 0 Å². The molecule has 1 aromatic rings. The number of esters is 1. The highest BCUT2D eigenvalue weighted by atomic mass is 35.5. The molecular weight excluding hydrogens is 272 g/mol. The molecule has 0 atom stereocenters. The van der Waals surface area contributed by atoms with Crippen LogP contribution in [-0.2, 0) is 4.74 Å². The molecule has 0 aliphatic heterocycles. The summed E-state index contributed by atoms with van der Waals surface area (Å²) >= 11 is 11.1. The van der Waals surface area contributed by atoms with E-state index in [1.807, 2.05) is 6.92 Å². The highest BCUT2D eigenvalue weighted by Gasteiger charge is 2.09. The molecule has 0 aliphatic carbocycles. The molecule has 98 valence electrons. The van der Waals surface area contributed by atoms with Crippen molar-refractivity contribution in [2.24, 2.45) is 0 Å². The van der Waals surface area contributed by atoms with Crippen molar-refractivity contribution in [1.29, 1.82) is 0 Å². The molecule has 0 aromatic heterocycles. The van der Waals surface area contributed by atoms with Crippen LogP contribution in [0.5, 0.6) is 0 Å². The van der Waals surface area contributed by atoms with E-state index in [0.717, 1.165) is 13.0 Å². The van der Waals surface area contributed by atoms with Gasteiger partial charge in [-0.05, 0) is 36.8 Å². The molecule has 0 bridgehead atoms. The third-order valence-corrected chi connectivity index (χ3v) is 2.75. The van der Waals surface area contributed by atoms with Gasteiger partial charge in [-0.2, -0.15) is 0 Å². The lowest BCUT2D eigenvalue weighted by Gasteiger charge is -2.12. The molecule has 2 N–H and O–H groups in total. The number of anilines is 1. The summed E-state index contributed by atoms with van der Waals surface area (Å²) < 4.78 is 4.64.